The number of fused-ring (bicyclic) bond motifs is 1. The third kappa shape index (κ3) is 4.10. The first kappa shape index (κ1) is 14.1. The Hall–Kier alpha value is -1.28. The molecule has 0 saturated carbocycles. The predicted molar refractivity (Wildman–Crippen MR) is 61.4 cm³/mol. The minimum atomic E-state index is -1.02. The average Bonchev–Trinajstić information content (AvgIpc) is 2.66. The quantitative estimate of drug-likeness (QED) is 0.332. The van der Waals surface area contributed by atoms with E-state index >= 15 is 0 Å². The Morgan fingerprint density at radius 1 is 0.789 bits per heavy atom. The van der Waals surface area contributed by atoms with Crippen molar-refractivity contribution in [1.82, 2.24) is 0 Å². The van der Waals surface area contributed by atoms with Crippen molar-refractivity contribution in [3.63, 3.8) is 0 Å². The maximum atomic E-state index is 11.4. The first-order chi connectivity index (χ1) is 9.29. The van der Waals surface area contributed by atoms with Crippen molar-refractivity contribution in [1.29, 1.82) is 0 Å². The molecular weight excluding hydrogens is 256 g/mol. The third-order valence-electron chi connectivity index (χ3n) is 2.59. The van der Waals surface area contributed by atoms with E-state index in [4.69, 9.17) is 18.9 Å². The number of esters is 2. The summed E-state index contributed by atoms with van der Waals surface area (Å²) in [6.45, 7) is 1.90. The summed E-state index contributed by atoms with van der Waals surface area (Å²) >= 11 is 0. The van der Waals surface area contributed by atoms with Gasteiger partial charge in [0.05, 0.1) is 39.6 Å². The summed E-state index contributed by atoms with van der Waals surface area (Å²) in [7, 11) is 0. The SMILES string of the molecule is O=C1OC(=O)C2OCCOCC=CCOCCOC12. The molecule has 0 aliphatic carbocycles. The van der Waals surface area contributed by atoms with E-state index in [0.717, 1.165) is 0 Å². The van der Waals surface area contributed by atoms with Gasteiger partial charge < -0.3 is 23.7 Å². The minimum Gasteiger partial charge on any atom is -0.389 e. The van der Waals surface area contributed by atoms with Crippen molar-refractivity contribution in [2.45, 2.75) is 12.2 Å². The molecule has 0 bridgehead atoms. The van der Waals surface area contributed by atoms with Gasteiger partial charge in [-0.15, -0.1) is 0 Å². The van der Waals surface area contributed by atoms with E-state index in [1.54, 1.807) is 0 Å². The van der Waals surface area contributed by atoms with Gasteiger partial charge in [-0.05, 0) is 0 Å². The Balaban J connectivity index is 1.92. The van der Waals surface area contributed by atoms with Crippen LogP contribution >= 0.6 is 0 Å². The lowest BCUT2D eigenvalue weighted by atomic mass is 10.2. The van der Waals surface area contributed by atoms with E-state index in [1.807, 2.05) is 12.2 Å². The van der Waals surface area contributed by atoms with Gasteiger partial charge in [0.25, 0.3) is 0 Å². The van der Waals surface area contributed by atoms with Crippen LogP contribution in [0.25, 0.3) is 0 Å². The van der Waals surface area contributed by atoms with Crippen molar-refractivity contribution in [2.24, 2.45) is 0 Å². The van der Waals surface area contributed by atoms with Crippen LogP contribution in [0.3, 0.4) is 0 Å². The summed E-state index contributed by atoms with van der Waals surface area (Å²) in [6, 6.07) is 0. The zero-order valence-electron chi connectivity index (χ0n) is 10.4. The summed E-state index contributed by atoms with van der Waals surface area (Å²) in [6.07, 6.45) is 1.63. The molecule has 2 atom stereocenters. The summed E-state index contributed by atoms with van der Waals surface area (Å²) in [5, 5.41) is 0. The van der Waals surface area contributed by atoms with Crippen molar-refractivity contribution in [2.75, 3.05) is 39.6 Å². The van der Waals surface area contributed by atoms with Gasteiger partial charge in [0, 0.05) is 0 Å². The van der Waals surface area contributed by atoms with Crippen LogP contribution < -0.4 is 0 Å². The molecule has 2 aliphatic rings. The molecule has 0 aromatic rings. The fourth-order valence-corrected chi connectivity index (χ4v) is 1.68. The van der Waals surface area contributed by atoms with Crippen LogP contribution in [0.4, 0.5) is 0 Å². The van der Waals surface area contributed by atoms with Crippen LogP contribution in [-0.2, 0) is 33.3 Å². The van der Waals surface area contributed by atoms with Gasteiger partial charge in [0.2, 0.25) is 0 Å². The highest BCUT2D eigenvalue weighted by Gasteiger charge is 2.46. The van der Waals surface area contributed by atoms with Crippen LogP contribution in [-0.4, -0.2) is 63.8 Å². The number of hydrogen-bond acceptors (Lipinski definition) is 7. The smallest absolute Gasteiger partial charge is 0.346 e. The number of ether oxygens (including phenoxy) is 5. The molecular formula is C12H16O7. The van der Waals surface area contributed by atoms with Crippen molar-refractivity contribution >= 4 is 11.9 Å². The minimum absolute atomic E-state index is 0.192. The van der Waals surface area contributed by atoms with E-state index in [-0.39, 0.29) is 13.2 Å². The van der Waals surface area contributed by atoms with Gasteiger partial charge in [-0.25, -0.2) is 9.59 Å². The summed E-state index contributed by atoms with van der Waals surface area (Å²) < 4.78 is 25.5. The Labute approximate surface area is 110 Å². The molecule has 1 fully saturated rings. The maximum Gasteiger partial charge on any atom is 0.346 e. The van der Waals surface area contributed by atoms with Gasteiger partial charge in [-0.3, -0.25) is 0 Å². The monoisotopic (exact) mass is 272 g/mol. The fourth-order valence-electron chi connectivity index (χ4n) is 1.68. The van der Waals surface area contributed by atoms with E-state index < -0.39 is 24.1 Å². The number of carbonyl (C=O) groups excluding carboxylic acids is 2. The highest BCUT2D eigenvalue weighted by atomic mass is 16.7. The second kappa shape index (κ2) is 7.34. The zero-order valence-corrected chi connectivity index (χ0v) is 10.4. The molecule has 7 nitrogen and oxygen atoms in total. The molecule has 0 radical (unpaired) electrons. The average molecular weight is 272 g/mol. The molecule has 0 spiro atoms. The maximum absolute atomic E-state index is 11.4. The second-order valence-electron chi connectivity index (χ2n) is 3.94. The van der Waals surface area contributed by atoms with Crippen LogP contribution in [0.1, 0.15) is 0 Å². The van der Waals surface area contributed by atoms with E-state index in [9.17, 15) is 9.59 Å². The molecule has 2 aliphatic heterocycles. The molecule has 106 valence electrons. The zero-order chi connectivity index (χ0) is 13.5. The largest absolute Gasteiger partial charge is 0.389 e. The standard InChI is InChI=1S/C12H16O7/c13-11-9-10(12(14)19-11)18-8-6-16-4-2-1-3-15-5-7-17-9/h1-2,9-10H,3-8H2. The van der Waals surface area contributed by atoms with Crippen LogP contribution in [0.15, 0.2) is 12.2 Å². The van der Waals surface area contributed by atoms with Crippen LogP contribution in [0, 0.1) is 0 Å². The molecule has 7 heteroatoms. The summed E-state index contributed by atoms with van der Waals surface area (Å²) in [4.78, 5) is 22.9. The van der Waals surface area contributed by atoms with Gasteiger partial charge in [-0.2, -0.15) is 0 Å². The number of cyclic esters (lactones) is 2. The molecule has 2 heterocycles. The van der Waals surface area contributed by atoms with E-state index in [1.165, 1.54) is 0 Å². The summed E-state index contributed by atoms with van der Waals surface area (Å²) in [5.41, 5.74) is 0. The Morgan fingerprint density at radius 3 is 1.74 bits per heavy atom. The Kier molecular flexibility index (Phi) is 5.46. The van der Waals surface area contributed by atoms with Crippen LogP contribution in [0.2, 0.25) is 0 Å². The molecule has 1 saturated heterocycles. The van der Waals surface area contributed by atoms with Gasteiger partial charge >= 0.3 is 11.9 Å². The second-order valence-corrected chi connectivity index (χ2v) is 3.94. The van der Waals surface area contributed by atoms with Gasteiger partial charge in [0.15, 0.2) is 12.2 Å². The lowest BCUT2D eigenvalue weighted by molar-refractivity contribution is -0.156. The molecule has 0 N–H and O–H groups in total. The number of rotatable bonds is 0. The first-order valence-electron chi connectivity index (χ1n) is 6.08. The number of carbonyl (C=O) groups is 2. The van der Waals surface area contributed by atoms with Crippen molar-refractivity contribution in [3.05, 3.63) is 12.2 Å². The molecule has 2 unspecified atom stereocenters. The molecule has 19 heavy (non-hydrogen) atoms. The van der Waals surface area contributed by atoms with Gasteiger partial charge in [-0.1, -0.05) is 12.2 Å². The fraction of sp³-hybridized carbons (Fsp3) is 0.667. The lowest BCUT2D eigenvalue weighted by Gasteiger charge is -2.15. The normalized spacial score (nSPS) is 30.5. The van der Waals surface area contributed by atoms with Crippen molar-refractivity contribution in [3.8, 4) is 0 Å². The predicted octanol–water partition coefficient (Wildman–Crippen LogP) is -0.557. The molecule has 0 amide bonds. The van der Waals surface area contributed by atoms with Crippen molar-refractivity contribution < 1.29 is 33.3 Å². The lowest BCUT2D eigenvalue weighted by Crippen LogP contribution is -2.36. The topological polar surface area (TPSA) is 80.3 Å². The number of hydrogen-bond donors (Lipinski definition) is 0. The molecule has 0 aromatic heterocycles. The van der Waals surface area contributed by atoms with Crippen LogP contribution in [0.5, 0.6) is 0 Å². The first-order valence-corrected chi connectivity index (χ1v) is 6.08. The highest BCUT2D eigenvalue weighted by Crippen LogP contribution is 2.16. The third-order valence-corrected chi connectivity index (χ3v) is 2.59. The van der Waals surface area contributed by atoms with E-state index in [2.05, 4.69) is 4.74 Å². The Morgan fingerprint density at radius 2 is 1.26 bits per heavy atom. The molecule has 0 aromatic carbocycles. The van der Waals surface area contributed by atoms with E-state index in [0.29, 0.717) is 26.4 Å². The highest BCUT2D eigenvalue weighted by molar-refractivity contribution is 5.99. The summed E-state index contributed by atoms with van der Waals surface area (Å²) in [5.74, 6) is -1.44. The Bertz CT molecular complexity index is 320. The van der Waals surface area contributed by atoms with Gasteiger partial charge in [0.1, 0.15) is 0 Å². The molecule has 2 rings (SSSR count).